The normalized spacial score (nSPS) is 12.7. The van der Waals surface area contributed by atoms with Gasteiger partial charge in [0.15, 0.2) is 0 Å². The third-order valence-corrected chi connectivity index (χ3v) is 5.33. The number of aliphatic hydroxyl groups is 1. The monoisotopic (exact) mass is 409 g/mol. The van der Waals surface area contributed by atoms with Crippen LogP contribution in [0.4, 0.5) is 5.82 Å². The number of thioether (sulfide) groups is 1. The molecule has 29 heavy (non-hydrogen) atoms. The van der Waals surface area contributed by atoms with Gasteiger partial charge in [0.2, 0.25) is 5.91 Å². The van der Waals surface area contributed by atoms with Crippen molar-refractivity contribution in [3.05, 3.63) is 35.4 Å². The molecule has 1 aliphatic rings. The molecule has 9 heteroatoms. The Morgan fingerprint density at radius 3 is 2.55 bits per heavy atom. The molecule has 1 aromatic carbocycles. The van der Waals surface area contributed by atoms with Crippen LogP contribution in [0.15, 0.2) is 29.3 Å². The molecule has 0 radical (unpaired) electrons. The van der Waals surface area contributed by atoms with Gasteiger partial charge in [0, 0.05) is 5.56 Å². The van der Waals surface area contributed by atoms with Gasteiger partial charge in [0.25, 0.3) is 0 Å². The van der Waals surface area contributed by atoms with Crippen molar-refractivity contribution in [2.24, 2.45) is 5.92 Å². The van der Waals surface area contributed by atoms with Gasteiger partial charge in [-0.1, -0.05) is 23.9 Å². The molecule has 1 heterocycles. The van der Waals surface area contributed by atoms with Crippen LogP contribution < -0.4 is 15.8 Å². The maximum absolute atomic E-state index is 11.6. The Morgan fingerprint density at radius 1 is 1.28 bits per heavy atom. The second-order valence-electron chi connectivity index (χ2n) is 6.48. The number of nitrogens with zero attached hydrogens (tertiary/aromatic N) is 3. The van der Waals surface area contributed by atoms with E-state index in [0.29, 0.717) is 23.7 Å². The molecule has 1 fully saturated rings. The third kappa shape index (κ3) is 4.96. The van der Waals surface area contributed by atoms with E-state index in [1.54, 1.807) is 24.3 Å². The summed E-state index contributed by atoms with van der Waals surface area (Å²) in [6.45, 7) is 0.207. The van der Waals surface area contributed by atoms with Crippen LogP contribution in [0.25, 0.3) is 11.1 Å². The van der Waals surface area contributed by atoms with Gasteiger partial charge < -0.3 is 20.9 Å². The second kappa shape index (κ2) is 9.28. The largest absolute Gasteiger partial charge is 0.493 e. The highest BCUT2D eigenvalue weighted by Gasteiger charge is 2.23. The van der Waals surface area contributed by atoms with Crippen molar-refractivity contribution in [3.8, 4) is 29.0 Å². The average Bonchev–Trinajstić information content (AvgIpc) is 3.55. The van der Waals surface area contributed by atoms with Crippen LogP contribution >= 0.6 is 11.8 Å². The van der Waals surface area contributed by atoms with Crippen LogP contribution in [0.1, 0.15) is 24.0 Å². The number of aromatic nitrogens is 1. The van der Waals surface area contributed by atoms with Crippen molar-refractivity contribution in [2.45, 2.75) is 17.9 Å². The first-order valence-electron chi connectivity index (χ1n) is 8.94. The van der Waals surface area contributed by atoms with Crippen LogP contribution in [-0.2, 0) is 4.79 Å². The number of carbonyl (C=O) groups is 1. The van der Waals surface area contributed by atoms with Crippen LogP contribution in [0.2, 0.25) is 0 Å². The van der Waals surface area contributed by atoms with Gasteiger partial charge in [-0.25, -0.2) is 4.98 Å². The Balaban J connectivity index is 1.94. The summed E-state index contributed by atoms with van der Waals surface area (Å²) in [5.41, 5.74) is 7.24. The third-order valence-electron chi connectivity index (χ3n) is 4.36. The van der Waals surface area contributed by atoms with E-state index in [-0.39, 0.29) is 27.7 Å². The molecule has 0 saturated heterocycles. The van der Waals surface area contributed by atoms with E-state index in [1.807, 2.05) is 6.07 Å². The molecule has 1 amide bonds. The molecule has 0 aliphatic heterocycles. The number of ether oxygens (including phenoxy) is 1. The first-order chi connectivity index (χ1) is 14.1. The molecule has 3 rings (SSSR count). The molecule has 0 bridgehead atoms. The summed E-state index contributed by atoms with van der Waals surface area (Å²) in [5, 5.41) is 30.6. The molecule has 8 nitrogen and oxygen atoms in total. The molecule has 1 aromatic heterocycles. The molecule has 0 spiro atoms. The number of rotatable bonds is 8. The quantitative estimate of drug-likeness (QED) is 0.443. The van der Waals surface area contributed by atoms with Crippen LogP contribution in [0.3, 0.4) is 0 Å². The zero-order valence-corrected chi connectivity index (χ0v) is 16.3. The lowest BCUT2D eigenvalue weighted by Gasteiger charge is -2.13. The minimum Gasteiger partial charge on any atom is -0.493 e. The second-order valence-corrected chi connectivity index (χ2v) is 7.44. The Bertz CT molecular complexity index is 991. The minimum atomic E-state index is -0.478. The molecule has 148 valence electrons. The predicted molar refractivity (Wildman–Crippen MR) is 108 cm³/mol. The van der Waals surface area contributed by atoms with Gasteiger partial charge in [-0.3, -0.25) is 4.79 Å². The molecule has 4 N–H and O–H groups in total. The van der Waals surface area contributed by atoms with E-state index in [2.05, 4.69) is 16.4 Å². The zero-order chi connectivity index (χ0) is 20.8. The molecular weight excluding hydrogens is 390 g/mol. The van der Waals surface area contributed by atoms with E-state index in [9.17, 15) is 15.3 Å². The van der Waals surface area contributed by atoms with Crippen molar-refractivity contribution < 1.29 is 14.6 Å². The van der Waals surface area contributed by atoms with Gasteiger partial charge in [-0.05, 0) is 36.5 Å². The van der Waals surface area contributed by atoms with Crippen molar-refractivity contribution in [3.63, 3.8) is 0 Å². The molecule has 1 saturated carbocycles. The number of hydrogen-bond donors (Lipinski definition) is 3. The van der Waals surface area contributed by atoms with E-state index >= 15 is 0 Å². The predicted octanol–water partition coefficient (Wildman–Crippen LogP) is 2.02. The lowest BCUT2D eigenvalue weighted by molar-refractivity contribution is -0.119. The summed E-state index contributed by atoms with van der Waals surface area (Å²) in [6.07, 6.45) is 2.39. The van der Waals surface area contributed by atoms with Gasteiger partial charge >= 0.3 is 0 Å². The minimum absolute atomic E-state index is 0.0133. The highest BCUT2D eigenvalue weighted by molar-refractivity contribution is 8.00. The SMILES string of the molecule is N#Cc1c(N)nc(SCC(=O)NCO)c(C#N)c1-c1ccc(OCC2CC2)cc1. The zero-order valence-electron chi connectivity index (χ0n) is 15.5. The van der Waals surface area contributed by atoms with E-state index < -0.39 is 12.6 Å². The number of nitrogens with one attached hydrogen (secondary N) is 1. The fraction of sp³-hybridized carbons (Fsp3) is 0.300. The summed E-state index contributed by atoms with van der Waals surface area (Å²) in [4.78, 5) is 15.8. The number of pyridine rings is 1. The maximum Gasteiger partial charge on any atom is 0.232 e. The first kappa shape index (κ1) is 20.5. The van der Waals surface area contributed by atoms with Crippen molar-refractivity contribution >= 4 is 23.5 Å². The number of aliphatic hydroxyl groups excluding tert-OH is 1. The van der Waals surface area contributed by atoms with E-state index in [4.69, 9.17) is 15.6 Å². The van der Waals surface area contributed by atoms with Crippen LogP contribution in [0, 0.1) is 28.6 Å². The highest BCUT2D eigenvalue weighted by atomic mass is 32.2. The highest BCUT2D eigenvalue weighted by Crippen LogP contribution is 2.36. The van der Waals surface area contributed by atoms with Crippen molar-refractivity contribution in [2.75, 3.05) is 24.8 Å². The maximum atomic E-state index is 11.6. The van der Waals surface area contributed by atoms with Crippen molar-refractivity contribution in [1.29, 1.82) is 10.5 Å². The Hall–Kier alpha value is -3.27. The molecule has 2 aromatic rings. The number of anilines is 1. The summed E-state index contributed by atoms with van der Waals surface area (Å²) < 4.78 is 5.73. The number of nitriles is 2. The van der Waals surface area contributed by atoms with Crippen LogP contribution in [-0.4, -0.2) is 35.1 Å². The Kier molecular flexibility index (Phi) is 6.55. The standard InChI is InChI=1S/C20H19N5O3S/c21-7-15-18(13-3-5-14(6-4-13)28-9-12-1-2-12)16(8-22)20(25-19(15)23)29-10-17(27)24-11-26/h3-6,12,26H,1-2,9-11H2,(H2,23,25)(H,24,27). The molecule has 0 unspecified atom stereocenters. The number of carbonyl (C=O) groups excluding carboxylic acids is 1. The van der Waals surface area contributed by atoms with Crippen LogP contribution in [0.5, 0.6) is 5.75 Å². The first-order valence-corrected chi connectivity index (χ1v) is 9.93. The average molecular weight is 409 g/mol. The smallest absolute Gasteiger partial charge is 0.232 e. The lowest BCUT2D eigenvalue weighted by Crippen LogP contribution is -2.25. The van der Waals surface area contributed by atoms with Gasteiger partial charge in [-0.15, -0.1) is 0 Å². The fourth-order valence-corrected chi connectivity index (χ4v) is 3.51. The van der Waals surface area contributed by atoms with Crippen molar-refractivity contribution in [1.82, 2.24) is 10.3 Å². The summed E-state index contributed by atoms with van der Waals surface area (Å²) >= 11 is 1.01. The summed E-state index contributed by atoms with van der Waals surface area (Å²) in [5.74, 6) is 0.870. The fourth-order valence-electron chi connectivity index (χ4n) is 2.68. The summed E-state index contributed by atoms with van der Waals surface area (Å²) in [6, 6.07) is 11.2. The van der Waals surface area contributed by atoms with E-state index in [0.717, 1.165) is 17.5 Å². The van der Waals surface area contributed by atoms with Gasteiger partial charge in [0.05, 0.1) is 17.9 Å². The number of amides is 1. The topological polar surface area (TPSA) is 145 Å². The number of nitrogens with two attached hydrogens (primary N) is 1. The number of hydrogen-bond acceptors (Lipinski definition) is 8. The Morgan fingerprint density at radius 2 is 1.97 bits per heavy atom. The number of nitrogen functional groups attached to an aromatic ring is 1. The summed E-state index contributed by atoms with van der Waals surface area (Å²) in [7, 11) is 0. The molecule has 1 aliphatic carbocycles. The van der Waals surface area contributed by atoms with Gasteiger partial charge in [0.1, 0.15) is 41.0 Å². The Labute approximate surface area is 172 Å². The molecule has 0 atom stereocenters. The lowest BCUT2D eigenvalue weighted by atomic mass is 9.97. The number of benzene rings is 1. The molecular formula is C20H19N5O3S. The van der Waals surface area contributed by atoms with Gasteiger partial charge in [-0.2, -0.15) is 10.5 Å². The van der Waals surface area contributed by atoms with E-state index in [1.165, 1.54) is 12.8 Å².